The highest BCUT2D eigenvalue weighted by Gasteiger charge is 2.66. The van der Waals surface area contributed by atoms with Crippen molar-refractivity contribution in [3.63, 3.8) is 0 Å². The van der Waals surface area contributed by atoms with E-state index in [0.29, 0.717) is 16.5 Å². The summed E-state index contributed by atoms with van der Waals surface area (Å²) in [5, 5.41) is 25.3. The number of rotatable bonds is 8. The van der Waals surface area contributed by atoms with Crippen LogP contribution in [0.5, 0.6) is 0 Å². The summed E-state index contributed by atoms with van der Waals surface area (Å²) < 4.78 is 12.1. The zero-order valence-electron chi connectivity index (χ0n) is 17.0. The Balaban J connectivity index is 1.53. The number of amides is 2. The van der Waals surface area contributed by atoms with Crippen LogP contribution in [0.4, 0.5) is 0 Å². The number of aromatic amines is 1. The number of hydrogen-bond donors (Lipinski definition) is 3. The molecule has 1 saturated heterocycles. The number of aromatic nitrogens is 5. The van der Waals surface area contributed by atoms with Crippen molar-refractivity contribution >= 4 is 63.9 Å². The van der Waals surface area contributed by atoms with E-state index < -0.39 is 34.4 Å². The number of tetrazole rings is 1. The van der Waals surface area contributed by atoms with Crippen molar-refractivity contribution in [1.29, 1.82) is 0 Å². The van der Waals surface area contributed by atoms with E-state index in [1.807, 2.05) is 0 Å². The van der Waals surface area contributed by atoms with Crippen LogP contribution >= 0.6 is 46.1 Å². The maximum Gasteiger partial charge on any atom is 0.352 e. The lowest BCUT2D eigenvalue weighted by Crippen LogP contribution is -2.80. The van der Waals surface area contributed by atoms with E-state index >= 15 is 0 Å². The zero-order valence-corrected chi connectivity index (χ0v) is 20.8. The molecule has 33 heavy (non-hydrogen) atoms. The first kappa shape index (κ1) is 23.8. The van der Waals surface area contributed by atoms with E-state index in [2.05, 4.69) is 26.0 Å². The highest BCUT2D eigenvalue weighted by molar-refractivity contribution is 14.1. The van der Waals surface area contributed by atoms with Gasteiger partial charge in [-0.3, -0.25) is 19.3 Å². The summed E-state index contributed by atoms with van der Waals surface area (Å²) in [7, 11) is 2.92. The molecule has 2 amide bonds. The number of β-lactam (4-membered cyclic amide) rings is 1. The number of carboxylic acid groups (broad SMARTS) is 1. The van der Waals surface area contributed by atoms with Crippen LogP contribution in [-0.2, 0) is 32.6 Å². The normalized spacial score (nSPS) is 22.2. The zero-order chi connectivity index (χ0) is 23.9. The molecular formula is C16H16IN7O7S2. The number of carbonyl (C=O) groups is 3. The third kappa shape index (κ3) is 4.06. The lowest BCUT2D eigenvalue weighted by molar-refractivity contribution is -0.192. The van der Waals surface area contributed by atoms with Crippen LogP contribution in [0, 0.1) is 3.57 Å². The van der Waals surface area contributed by atoms with Gasteiger partial charge in [-0.15, -0.1) is 16.9 Å². The summed E-state index contributed by atoms with van der Waals surface area (Å²) in [6.07, 6.45) is -0.304. The second-order valence-electron chi connectivity index (χ2n) is 6.90. The molecule has 0 aliphatic carbocycles. The number of aryl methyl sites for hydroxylation is 1. The van der Waals surface area contributed by atoms with Gasteiger partial charge in [0.25, 0.3) is 17.2 Å². The molecule has 0 radical (unpaired) electrons. The number of thioether (sulfide) groups is 2. The molecule has 2 atom stereocenters. The summed E-state index contributed by atoms with van der Waals surface area (Å²) >= 11 is 4.26. The van der Waals surface area contributed by atoms with Crippen molar-refractivity contribution in [3.05, 3.63) is 31.0 Å². The van der Waals surface area contributed by atoms with Crippen LogP contribution in [0.15, 0.2) is 25.7 Å². The Labute approximate surface area is 206 Å². The topological polar surface area (TPSA) is 186 Å². The molecule has 0 unspecified atom stereocenters. The minimum absolute atomic E-state index is 0.118. The summed E-state index contributed by atoms with van der Waals surface area (Å²) in [5.74, 6) is -1.92. The first-order chi connectivity index (χ1) is 15.7. The molecular weight excluding hydrogens is 593 g/mol. The van der Waals surface area contributed by atoms with E-state index in [-0.39, 0.29) is 27.2 Å². The minimum atomic E-state index is -1.74. The predicted molar refractivity (Wildman–Crippen MR) is 121 cm³/mol. The lowest BCUT2D eigenvalue weighted by Gasteiger charge is -2.55. The van der Waals surface area contributed by atoms with E-state index in [0.717, 1.165) is 4.90 Å². The molecule has 0 aromatic carbocycles. The number of carboxylic acids is 1. The van der Waals surface area contributed by atoms with Crippen molar-refractivity contribution in [1.82, 2.24) is 35.6 Å². The second kappa shape index (κ2) is 9.11. The number of carbonyl (C=O) groups excluding carboxylic acids is 2. The number of aliphatic carboxylic acids is 1. The molecule has 2 aliphatic heterocycles. The number of fused-ring (bicyclic) bond motifs is 1. The molecule has 4 rings (SSSR count). The van der Waals surface area contributed by atoms with E-state index in [1.165, 1.54) is 35.3 Å². The van der Waals surface area contributed by atoms with E-state index in [1.54, 1.807) is 29.6 Å². The Hall–Kier alpha value is -2.38. The van der Waals surface area contributed by atoms with Crippen molar-refractivity contribution in [3.8, 4) is 0 Å². The van der Waals surface area contributed by atoms with Crippen LogP contribution < -0.4 is 10.9 Å². The Bertz CT molecular complexity index is 1220. The second-order valence-corrected chi connectivity index (χ2v) is 9.99. The SMILES string of the molecule is CO[C@@]1(NC(=O)Cc2o[nH]c(=O)c2I)C(=O)N2C(C(=O)O)=C(CSc3nnnn3C)CS[C@H]21. The first-order valence-corrected chi connectivity index (χ1v) is 12.3. The summed E-state index contributed by atoms with van der Waals surface area (Å²) in [4.78, 5) is 50.4. The van der Waals surface area contributed by atoms with Gasteiger partial charge in [0.1, 0.15) is 14.6 Å². The van der Waals surface area contributed by atoms with Crippen molar-refractivity contribution in [2.75, 3.05) is 18.6 Å². The van der Waals surface area contributed by atoms with Crippen LogP contribution in [0.3, 0.4) is 0 Å². The van der Waals surface area contributed by atoms with Gasteiger partial charge in [-0.05, 0) is 38.6 Å². The van der Waals surface area contributed by atoms with Gasteiger partial charge in [-0.1, -0.05) is 11.8 Å². The van der Waals surface area contributed by atoms with Crippen LogP contribution in [0.2, 0.25) is 0 Å². The number of methoxy groups -OCH3 is 1. The average Bonchev–Trinajstić information content (AvgIpc) is 3.34. The number of nitrogens with one attached hydrogen (secondary N) is 2. The Morgan fingerprint density at radius 3 is 2.82 bits per heavy atom. The highest BCUT2D eigenvalue weighted by Crippen LogP contribution is 2.47. The van der Waals surface area contributed by atoms with Gasteiger partial charge in [0.15, 0.2) is 5.76 Å². The maximum atomic E-state index is 13.1. The molecule has 3 N–H and O–H groups in total. The van der Waals surface area contributed by atoms with Gasteiger partial charge in [0, 0.05) is 25.7 Å². The number of H-pyrrole nitrogens is 1. The summed E-state index contributed by atoms with van der Waals surface area (Å²) in [6, 6.07) is 0. The molecule has 2 aliphatic rings. The smallest absolute Gasteiger partial charge is 0.352 e. The Morgan fingerprint density at radius 2 is 2.24 bits per heavy atom. The fourth-order valence-electron chi connectivity index (χ4n) is 3.38. The molecule has 0 saturated carbocycles. The summed E-state index contributed by atoms with van der Waals surface area (Å²) in [5.41, 5.74) is -1.84. The van der Waals surface area contributed by atoms with Crippen molar-refractivity contribution in [2.24, 2.45) is 7.05 Å². The molecule has 4 heterocycles. The quantitative estimate of drug-likeness (QED) is 0.146. The third-order valence-corrected chi connectivity index (χ3v) is 8.51. The van der Waals surface area contributed by atoms with E-state index in [4.69, 9.17) is 9.26 Å². The van der Waals surface area contributed by atoms with Gasteiger partial charge in [0.2, 0.25) is 11.1 Å². The Kier molecular flexibility index (Phi) is 6.56. The van der Waals surface area contributed by atoms with Crippen LogP contribution in [0.25, 0.3) is 0 Å². The van der Waals surface area contributed by atoms with Crippen LogP contribution in [-0.4, -0.2) is 82.9 Å². The van der Waals surface area contributed by atoms with Gasteiger partial charge in [-0.2, -0.15) is 5.16 Å². The number of halogens is 1. The van der Waals surface area contributed by atoms with Crippen LogP contribution in [0.1, 0.15) is 5.76 Å². The minimum Gasteiger partial charge on any atom is -0.477 e. The fraction of sp³-hybridized carbons (Fsp3) is 0.438. The number of ether oxygens (including phenoxy) is 1. The summed E-state index contributed by atoms with van der Waals surface area (Å²) in [6.45, 7) is 0. The molecule has 17 heteroatoms. The first-order valence-electron chi connectivity index (χ1n) is 9.17. The highest BCUT2D eigenvalue weighted by atomic mass is 127. The number of hydrogen-bond acceptors (Lipinski definition) is 11. The molecule has 0 spiro atoms. The largest absolute Gasteiger partial charge is 0.477 e. The van der Waals surface area contributed by atoms with Gasteiger partial charge < -0.3 is 19.7 Å². The van der Waals surface area contributed by atoms with Gasteiger partial charge in [-0.25, -0.2) is 9.48 Å². The molecule has 2 aromatic rings. The van der Waals surface area contributed by atoms with E-state index in [9.17, 15) is 24.3 Å². The fourth-order valence-corrected chi connectivity index (χ4v) is 6.22. The molecule has 0 bridgehead atoms. The van der Waals surface area contributed by atoms with Crippen molar-refractivity contribution < 1.29 is 28.8 Å². The number of nitrogens with zero attached hydrogens (tertiary/aromatic N) is 5. The lowest BCUT2D eigenvalue weighted by atomic mass is 9.98. The standard InChI is InChI=1S/C16H16IN7O7S2/c1-23-15(19-21-22-23)33-5-6-4-32-14-16(30-2,13(29)24(14)10(6)12(27)28)18-8(25)3-7-9(17)11(26)20-31-7/h14H,3-5H2,1-2H3,(H,18,25)(H,20,26)(H,27,28)/t14-,16-/m0/s1. The molecule has 14 nitrogen and oxygen atoms in total. The third-order valence-electron chi connectivity index (χ3n) is 4.95. The van der Waals surface area contributed by atoms with Crippen molar-refractivity contribution in [2.45, 2.75) is 22.7 Å². The van der Waals surface area contributed by atoms with Gasteiger partial charge >= 0.3 is 5.97 Å². The average molecular weight is 609 g/mol. The maximum absolute atomic E-state index is 13.1. The monoisotopic (exact) mass is 609 g/mol. The Morgan fingerprint density at radius 1 is 1.48 bits per heavy atom. The molecule has 2 aromatic heterocycles. The molecule has 1 fully saturated rings. The predicted octanol–water partition coefficient (Wildman–Crippen LogP) is -0.856. The molecule has 176 valence electrons. The van der Waals surface area contributed by atoms with Gasteiger partial charge in [0.05, 0.1) is 6.42 Å².